The van der Waals surface area contributed by atoms with Crippen LogP contribution >= 0.6 is 11.3 Å². The largest absolute Gasteiger partial charge is 0.376 e. The van der Waals surface area contributed by atoms with Gasteiger partial charge in [-0.3, -0.25) is 14.6 Å². The Kier molecular flexibility index (Phi) is 4.94. The zero-order valence-corrected chi connectivity index (χ0v) is 13.1. The fourth-order valence-electron chi connectivity index (χ4n) is 2.28. The van der Waals surface area contributed by atoms with Crippen molar-refractivity contribution < 1.29 is 14.3 Å². The van der Waals surface area contributed by atoms with Crippen LogP contribution in [-0.2, 0) is 4.74 Å². The Morgan fingerprint density at radius 1 is 1.35 bits per heavy atom. The Labute approximate surface area is 137 Å². The van der Waals surface area contributed by atoms with Gasteiger partial charge in [-0.15, -0.1) is 11.3 Å². The number of anilines is 1. The molecule has 0 aromatic carbocycles. The number of nitrogens with zero attached hydrogens (tertiary/aromatic N) is 2. The predicted octanol–water partition coefficient (Wildman–Crippen LogP) is 1.70. The minimum Gasteiger partial charge on any atom is -0.376 e. The van der Waals surface area contributed by atoms with E-state index in [1.54, 1.807) is 11.4 Å². The van der Waals surface area contributed by atoms with E-state index in [-0.39, 0.29) is 17.7 Å². The number of hydrogen-bond acceptors (Lipinski definition) is 6. The van der Waals surface area contributed by atoms with Crippen LogP contribution < -0.4 is 10.6 Å². The van der Waals surface area contributed by atoms with E-state index in [1.165, 1.54) is 29.9 Å². The fraction of sp³-hybridized carbons (Fsp3) is 0.333. The summed E-state index contributed by atoms with van der Waals surface area (Å²) in [4.78, 5) is 32.6. The molecule has 2 N–H and O–H groups in total. The molecule has 2 amide bonds. The molecule has 3 rings (SSSR count). The highest BCUT2D eigenvalue weighted by Gasteiger charge is 2.20. The van der Waals surface area contributed by atoms with Crippen LogP contribution in [0, 0.1) is 0 Å². The van der Waals surface area contributed by atoms with Crippen LogP contribution in [0.15, 0.2) is 30.0 Å². The molecule has 0 aliphatic carbocycles. The summed E-state index contributed by atoms with van der Waals surface area (Å²) in [6, 6.07) is 1.69. The van der Waals surface area contributed by atoms with Crippen LogP contribution in [0.2, 0.25) is 0 Å². The molecular formula is C15H16N4O3S. The molecule has 3 heterocycles. The molecule has 0 saturated carbocycles. The van der Waals surface area contributed by atoms with Crippen molar-refractivity contribution in [1.82, 2.24) is 15.3 Å². The number of carbonyl (C=O) groups is 2. The number of thiophene rings is 1. The van der Waals surface area contributed by atoms with Crippen LogP contribution in [-0.4, -0.2) is 41.0 Å². The molecule has 1 saturated heterocycles. The lowest BCUT2D eigenvalue weighted by molar-refractivity contribution is 0.0861. The molecule has 2 aromatic heterocycles. The quantitative estimate of drug-likeness (QED) is 0.869. The Balaban J connectivity index is 1.62. The summed E-state index contributed by atoms with van der Waals surface area (Å²) in [5.74, 6) is -0.616. The second-order valence-electron chi connectivity index (χ2n) is 5.05. The van der Waals surface area contributed by atoms with E-state index in [2.05, 4.69) is 20.6 Å². The van der Waals surface area contributed by atoms with Gasteiger partial charge in [0.15, 0.2) is 0 Å². The number of carbonyl (C=O) groups excluding carboxylic acids is 2. The Hall–Kier alpha value is -2.32. The summed E-state index contributed by atoms with van der Waals surface area (Å²) in [7, 11) is 0. The molecule has 1 aliphatic rings. The molecule has 1 fully saturated rings. The zero-order chi connectivity index (χ0) is 16.1. The second kappa shape index (κ2) is 7.30. The van der Waals surface area contributed by atoms with Gasteiger partial charge in [0.1, 0.15) is 10.6 Å². The van der Waals surface area contributed by atoms with E-state index in [9.17, 15) is 9.59 Å². The molecule has 8 heteroatoms. The van der Waals surface area contributed by atoms with Crippen LogP contribution in [0.5, 0.6) is 0 Å². The van der Waals surface area contributed by atoms with Gasteiger partial charge in [0, 0.05) is 25.5 Å². The maximum Gasteiger partial charge on any atom is 0.275 e. The molecule has 0 radical (unpaired) electrons. The average Bonchev–Trinajstić information content (AvgIpc) is 3.25. The van der Waals surface area contributed by atoms with Crippen molar-refractivity contribution in [1.29, 1.82) is 0 Å². The highest BCUT2D eigenvalue weighted by molar-refractivity contribution is 7.12. The van der Waals surface area contributed by atoms with E-state index in [1.807, 2.05) is 0 Å². The zero-order valence-electron chi connectivity index (χ0n) is 12.3. The Bertz CT molecular complexity index is 683. The topological polar surface area (TPSA) is 93.2 Å². The van der Waals surface area contributed by atoms with Crippen molar-refractivity contribution in [2.75, 3.05) is 18.5 Å². The fourth-order valence-corrected chi connectivity index (χ4v) is 3.04. The van der Waals surface area contributed by atoms with Crippen molar-refractivity contribution in [3.63, 3.8) is 0 Å². The molecule has 120 valence electrons. The monoisotopic (exact) mass is 332 g/mol. The Morgan fingerprint density at radius 2 is 2.26 bits per heavy atom. The SMILES string of the molecule is O=C(Nc1ccsc1C(=O)NC[C@@H]1CCCO1)c1cnccn1. The van der Waals surface area contributed by atoms with Crippen LogP contribution in [0.3, 0.4) is 0 Å². The number of aromatic nitrogens is 2. The second-order valence-corrected chi connectivity index (χ2v) is 5.97. The van der Waals surface area contributed by atoms with Gasteiger partial charge in [0.25, 0.3) is 11.8 Å². The molecule has 2 aromatic rings. The molecule has 0 unspecified atom stereocenters. The van der Waals surface area contributed by atoms with E-state index in [0.29, 0.717) is 17.1 Å². The summed E-state index contributed by atoms with van der Waals surface area (Å²) >= 11 is 1.27. The highest BCUT2D eigenvalue weighted by Crippen LogP contribution is 2.23. The summed E-state index contributed by atoms with van der Waals surface area (Å²) in [6.45, 7) is 1.23. The summed E-state index contributed by atoms with van der Waals surface area (Å²) in [5.41, 5.74) is 0.667. The molecule has 1 aliphatic heterocycles. The first-order chi connectivity index (χ1) is 11.2. The minimum absolute atomic E-state index is 0.0801. The molecule has 1 atom stereocenters. The first-order valence-electron chi connectivity index (χ1n) is 7.28. The molecule has 7 nitrogen and oxygen atoms in total. The van der Waals surface area contributed by atoms with Crippen LogP contribution in [0.4, 0.5) is 5.69 Å². The van der Waals surface area contributed by atoms with Gasteiger partial charge < -0.3 is 15.4 Å². The number of rotatable bonds is 5. The third-order valence-electron chi connectivity index (χ3n) is 3.43. The van der Waals surface area contributed by atoms with E-state index in [0.717, 1.165) is 19.4 Å². The third-order valence-corrected chi connectivity index (χ3v) is 4.34. The maximum atomic E-state index is 12.3. The molecule has 23 heavy (non-hydrogen) atoms. The lowest BCUT2D eigenvalue weighted by atomic mass is 10.2. The first-order valence-corrected chi connectivity index (χ1v) is 8.16. The van der Waals surface area contributed by atoms with E-state index < -0.39 is 5.91 Å². The predicted molar refractivity (Wildman–Crippen MR) is 85.6 cm³/mol. The van der Waals surface area contributed by atoms with Gasteiger partial charge >= 0.3 is 0 Å². The van der Waals surface area contributed by atoms with Gasteiger partial charge in [0.2, 0.25) is 0 Å². The third kappa shape index (κ3) is 3.91. The smallest absolute Gasteiger partial charge is 0.275 e. The molecular weight excluding hydrogens is 316 g/mol. The number of amides is 2. The lowest BCUT2D eigenvalue weighted by Gasteiger charge is -2.11. The van der Waals surface area contributed by atoms with Gasteiger partial charge in [-0.05, 0) is 24.3 Å². The average molecular weight is 332 g/mol. The highest BCUT2D eigenvalue weighted by atomic mass is 32.1. The van der Waals surface area contributed by atoms with Crippen LogP contribution in [0.25, 0.3) is 0 Å². The van der Waals surface area contributed by atoms with Crippen molar-refractivity contribution in [2.24, 2.45) is 0 Å². The number of nitrogens with one attached hydrogen (secondary N) is 2. The van der Waals surface area contributed by atoms with E-state index in [4.69, 9.17) is 4.74 Å². The normalized spacial score (nSPS) is 17.0. The minimum atomic E-state index is -0.398. The summed E-state index contributed by atoms with van der Waals surface area (Å²) < 4.78 is 5.48. The molecule has 0 bridgehead atoms. The van der Waals surface area contributed by atoms with Crippen molar-refractivity contribution in [3.05, 3.63) is 40.6 Å². The van der Waals surface area contributed by atoms with Gasteiger partial charge in [-0.25, -0.2) is 4.98 Å². The van der Waals surface area contributed by atoms with Gasteiger partial charge in [-0.1, -0.05) is 0 Å². The lowest BCUT2D eigenvalue weighted by Crippen LogP contribution is -2.31. The summed E-state index contributed by atoms with van der Waals surface area (Å²) in [5, 5.41) is 7.30. The molecule has 0 spiro atoms. The first kappa shape index (κ1) is 15.6. The van der Waals surface area contributed by atoms with Gasteiger partial charge in [0.05, 0.1) is 18.0 Å². The van der Waals surface area contributed by atoms with Crippen molar-refractivity contribution in [3.8, 4) is 0 Å². The maximum absolute atomic E-state index is 12.3. The van der Waals surface area contributed by atoms with Gasteiger partial charge in [-0.2, -0.15) is 0 Å². The number of hydrogen-bond donors (Lipinski definition) is 2. The van der Waals surface area contributed by atoms with Crippen molar-refractivity contribution >= 4 is 28.8 Å². The van der Waals surface area contributed by atoms with Crippen molar-refractivity contribution in [2.45, 2.75) is 18.9 Å². The van der Waals surface area contributed by atoms with Crippen LogP contribution in [0.1, 0.15) is 33.0 Å². The summed E-state index contributed by atoms with van der Waals surface area (Å²) in [6.07, 6.45) is 6.37. The van der Waals surface area contributed by atoms with E-state index >= 15 is 0 Å². The standard InChI is InChI=1S/C15H16N4O3S/c20-14(12-9-16-4-5-17-12)19-11-3-7-23-13(11)15(21)18-8-10-2-1-6-22-10/h3-5,7,9-10H,1-2,6,8H2,(H,18,21)(H,19,20)/t10-/m0/s1. The Morgan fingerprint density at radius 3 is 3.00 bits per heavy atom. The number of ether oxygens (including phenoxy) is 1.